The highest BCUT2D eigenvalue weighted by atomic mass is 15.3. The predicted molar refractivity (Wildman–Crippen MR) is 90.3 cm³/mol. The van der Waals surface area contributed by atoms with Crippen molar-refractivity contribution in [2.75, 3.05) is 57.8 Å². The second kappa shape index (κ2) is 5.50. The van der Waals surface area contributed by atoms with E-state index in [4.69, 9.17) is 0 Å². The number of aromatic nitrogens is 1. The molecule has 4 heterocycles. The Morgan fingerprint density at radius 3 is 2.50 bits per heavy atom. The zero-order valence-electron chi connectivity index (χ0n) is 14.0. The highest BCUT2D eigenvalue weighted by molar-refractivity contribution is 5.44. The van der Waals surface area contributed by atoms with Gasteiger partial charge in [0.05, 0.1) is 0 Å². The van der Waals surface area contributed by atoms with E-state index in [9.17, 15) is 0 Å². The number of aryl methyl sites for hydroxylation is 1. The molecule has 3 aliphatic rings. The van der Waals surface area contributed by atoms with Crippen molar-refractivity contribution in [2.45, 2.75) is 19.8 Å². The normalized spacial score (nSPS) is 26.0. The van der Waals surface area contributed by atoms with Gasteiger partial charge in [0.2, 0.25) is 0 Å². The lowest BCUT2D eigenvalue weighted by atomic mass is 9.72. The minimum absolute atomic E-state index is 0.581. The Balaban J connectivity index is 1.22. The molecule has 0 aromatic carbocycles. The number of rotatable bonds is 3. The molecular formula is C18H28N4. The SMILES string of the molecule is Cc1ccc(N2CC3(CN(CC4CCN(C)CC4)C3)C2)nc1. The van der Waals surface area contributed by atoms with Gasteiger partial charge in [-0.1, -0.05) is 6.07 Å². The van der Waals surface area contributed by atoms with Crippen LogP contribution in [0.5, 0.6) is 0 Å². The third-order valence-electron chi connectivity index (χ3n) is 5.74. The van der Waals surface area contributed by atoms with E-state index < -0.39 is 0 Å². The molecule has 0 radical (unpaired) electrons. The number of anilines is 1. The van der Waals surface area contributed by atoms with Crippen LogP contribution in [-0.4, -0.2) is 67.6 Å². The van der Waals surface area contributed by atoms with Gasteiger partial charge in [-0.15, -0.1) is 0 Å². The summed E-state index contributed by atoms with van der Waals surface area (Å²) in [6.45, 7) is 11.0. The maximum atomic E-state index is 4.55. The van der Waals surface area contributed by atoms with E-state index in [2.05, 4.69) is 45.8 Å². The van der Waals surface area contributed by atoms with Crippen LogP contribution in [0.3, 0.4) is 0 Å². The summed E-state index contributed by atoms with van der Waals surface area (Å²) in [6, 6.07) is 4.33. The number of hydrogen-bond acceptors (Lipinski definition) is 4. The van der Waals surface area contributed by atoms with Gasteiger partial charge in [-0.25, -0.2) is 4.98 Å². The van der Waals surface area contributed by atoms with Crippen LogP contribution in [0.25, 0.3) is 0 Å². The van der Waals surface area contributed by atoms with Gasteiger partial charge in [0, 0.05) is 44.3 Å². The van der Waals surface area contributed by atoms with Gasteiger partial charge in [0.1, 0.15) is 5.82 Å². The summed E-state index contributed by atoms with van der Waals surface area (Å²) in [7, 11) is 2.25. The Labute approximate surface area is 134 Å². The van der Waals surface area contributed by atoms with Crippen LogP contribution in [0.2, 0.25) is 0 Å². The first-order valence-corrected chi connectivity index (χ1v) is 8.70. The molecule has 1 spiro atoms. The van der Waals surface area contributed by atoms with Crippen LogP contribution < -0.4 is 4.90 Å². The lowest BCUT2D eigenvalue weighted by Gasteiger charge is -2.61. The molecule has 0 aliphatic carbocycles. The van der Waals surface area contributed by atoms with Crippen LogP contribution in [0.1, 0.15) is 18.4 Å². The van der Waals surface area contributed by atoms with E-state index in [1.54, 1.807) is 0 Å². The molecule has 22 heavy (non-hydrogen) atoms. The van der Waals surface area contributed by atoms with Gasteiger partial charge in [0.25, 0.3) is 0 Å². The monoisotopic (exact) mass is 300 g/mol. The molecule has 4 rings (SSSR count). The summed E-state index contributed by atoms with van der Waals surface area (Å²) in [6.07, 6.45) is 4.76. The van der Waals surface area contributed by atoms with Gasteiger partial charge in [-0.05, 0) is 57.5 Å². The standard InChI is InChI=1S/C18H28N4/c1-15-3-4-17(19-9-15)22-13-18(14-22)11-21(12-18)10-16-5-7-20(2)8-6-16/h3-4,9,16H,5-8,10-14H2,1-2H3. The van der Waals surface area contributed by atoms with Crippen molar-refractivity contribution >= 4 is 5.82 Å². The average molecular weight is 300 g/mol. The molecular weight excluding hydrogens is 272 g/mol. The molecule has 3 saturated heterocycles. The summed E-state index contributed by atoms with van der Waals surface area (Å²) in [4.78, 5) is 12.1. The van der Waals surface area contributed by atoms with Crippen LogP contribution in [0.15, 0.2) is 18.3 Å². The second-order valence-electron chi connectivity index (χ2n) is 7.97. The molecule has 0 amide bonds. The molecule has 0 N–H and O–H groups in total. The van der Waals surface area contributed by atoms with Crippen LogP contribution in [0.4, 0.5) is 5.82 Å². The topological polar surface area (TPSA) is 22.6 Å². The quantitative estimate of drug-likeness (QED) is 0.850. The van der Waals surface area contributed by atoms with Crippen LogP contribution in [0, 0.1) is 18.3 Å². The Morgan fingerprint density at radius 2 is 1.86 bits per heavy atom. The van der Waals surface area contributed by atoms with Crippen molar-refractivity contribution in [1.82, 2.24) is 14.8 Å². The maximum absolute atomic E-state index is 4.55. The van der Waals surface area contributed by atoms with Crippen molar-refractivity contribution in [3.63, 3.8) is 0 Å². The highest BCUT2D eigenvalue weighted by Gasteiger charge is 2.52. The fraction of sp³-hybridized carbons (Fsp3) is 0.722. The molecule has 1 aromatic heterocycles. The highest BCUT2D eigenvalue weighted by Crippen LogP contribution is 2.41. The molecule has 0 saturated carbocycles. The first-order valence-electron chi connectivity index (χ1n) is 8.70. The van der Waals surface area contributed by atoms with Gasteiger partial charge < -0.3 is 14.7 Å². The predicted octanol–water partition coefficient (Wildman–Crippen LogP) is 1.85. The minimum Gasteiger partial charge on any atom is -0.355 e. The third-order valence-corrected chi connectivity index (χ3v) is 5.74. The number of hydrogen-bond donors (Lipinski definition) is 0. The molecule has 0 bridgehead atoms. The van der Waals surface area contributed by atoms with E-state index in [-0.39, 0.29) is 0 Å². The largest absolute Gasteiger partial charge is 0.355 e. The molecule has 0 atom stereocenters. The summed E-state index contributed by atoms with van der Waals surface area (Å²) in [5.74, 6) is 2.09. The van der Waals surface area contributed by atoms with E-state index in [1.807, 2.05) is 6.20 Å². The maximum Gasteiger partial charge on any atom is 0.128 e. The minimum atomic E-state index is 0.581. The van der Waals surface area contributed by atoms with Gasteiger partial charge in [0.15, 0.2) is 0 Å². The second-order valence-corrected chi connectivity index (χ2v) is 7.97. The van der Waals surface area contributed by atoms with E-state index >= 15 is 0 Å². The van der Waals surface area contributed by atoms with Gasteiger partial charge in [-0.2, -0.15) is 0 Å². The first kappa shape index (κ1) is 14.5. The van der Waals surface area contributed by atoms with E-state index in [1.165, 1.54) is 64.2 Å². The van der Waals surface area contributed by atoms with E-state index in [0.717, 1.165) is 11.7 Å². The van der Waals surface area contributed by atoms with Crippen molar-refractivity contribution in [2.24, 2.45) is 11.3 Å². The third kappa shape index (κ3) is 2.74. The lowest BCUT2D eigenvalue weighted by Crippen LogP contribution is -2.72. The van der Waals surface area contributed by atoms with Gasteiger partial charge >= 0.3 is 0 Å². The first-order chi connectivity index (χ1) is 10.6. The Kier molecular flexibility index (Phi) is 3.61. The molecule has 3 fully saturated rings. The van der Waals surface area contributed by atoms with Crippen LogP contribution >= 0.6 is 0 Å². The summed E-state index contributed by atoms with van der Waals surface area (Å²) >= 11 is 0. The summed E-state index contributed by atoms with van der Waals surface area (Å²) in [5, 5.41) is 0. The molecule has 4 heteroatoms. The zero-order valence-corrected chi connectivity index (χ0v) is 14.0. The molecule has 120 valence electrons. The fourth-order valence-corrected chi connectivity index (χ4v) is 4.41. The smallest absolute Gasteiger partial charge is 0.128 e. The van der Waals surface area contributed by atoms with Crippen molar-refractivity contribution in [1.29, 1.82) is 0 Å². The molecule has 3 aliphatic heterocycles. The number of piperidine rings is 1. The van der Waals surface area contributed by atoms with Gasteiger partial charge in [-0.3, -0.25) is 0 Å². The number of nitrogens with zero attached hydrogens (tertiary/aromatic N) is 4. The summed E-state index contributed by atoms with van der Waals surface area (Å²) in [5.41, 5.74) is 1.82. The fourth-order valence-electron chi connectivity index (χ4n) is 4.41. The molecule has 0 unspecified atom stereocenters. The Morgan fingerprint density at radius 1 is 1.14 bits per heavy atom. The summed E-state index contributed by atoms with van der Waals surface area (Å²) < 4.78 is 0. The van der Waals surface area contributed by atoms with Crippen molar-refractivity contribution in [3.8, 4) is 0 Å². The van der Waals surface area contributed by atoms with E-state index in [0.29, 0.717) is 5.41 Å². The molecule has 1 aromatic rings. The Bertz CT molecular complexity index is 504. The zero-order chi connectivity index (χ0) is 15.2. The lowest BCUT2D eigenvalue weighted by molar-refractivity contribution is -0.0354. The number of pyridine rings is 1. The number of likely N-dealkylation sites (tertiary alicyclic amines) is 2. The average Bonchev–Trinajstić information content (AvgIpc) is 2.43. The Hall–Kier alpha value is -1.13. The van der Waals surface area contributed by atoms with Crippen molar-refractivity contribution in [3.05, 3.63) is 23.9 Å². The molecule has 4 nitrogen and oxygen atoms in total. The van der Waals surface area contributed by atoms with Crippen LogP contribution in [-0.2, 0) is 0 Å². The van der Waals surface area contributed by atoms with Crippen molar-refractivity contribution < 1.29 is 0 Å².